The quantitative estimate of drug-likeness (QED) is 0.314. The molecule has 2 fully saturated rings. The number of rotatable bonds is 7. The van der Waals surface area contributed by atoms with E-state index in [-0.39, 0.29) is 24.0 Å². The van der Waals surface area contributed by atoms with Crippen molar-refractivity contribution in [3.05, 3.63) is 71.3 Å². The van der Waals surface area contributed by atoms with E-state index < -0.39 is 0 Å². The van der Waals surface area contributed by atoms with Gasteiger partial charge in [-0.1, -0.05) is 54.6 Å². The number of halogens is 1. The summed E-state index contributed by atoms with van der Waals surface area (Å²) in [6, 6.07) is 19.4. The molecule has 33 heavy (non-hydrogen) atoms. The summed E-state index contributed by atoms with van der Waals surface area (Å²) in [5.41, 5.74) is 3.85. The van der Waals surface area contributed by atoms with Crippen LogP contribution in [0.25, 0.3) is 0 Å². The Bertz CT molecular complexity index is 833. The Morgan fingerprint density at radius 1 is 0.939 bits per heavy atom. The average molecular weight is 565 g/mol. The molecule has 2 aromatic carbocycles. The van der Waals surface area contributed by atoms with Crippen LogP contribution < -0.4 is 5.32 Å². The number of benzene rings is 2. The molecule has 1 N–H and O–H groups in total. The molecular formula is C26H37IN4O2. The van der Waals surface area contributed by atoms with Gasteiger partial charge < -0.3 is 19.7 Å². The second kappa shape index (κ2) is 13.9. The smallest absolute Gasteiger partial charge is 0.194 e. The molecule has 6 nitrogen and oxygen atoms in total. The van der Waals surface area contributed by atoms with E-state index in [1.807, 2.05) is 7.05 Å². The maximum absolute atomic E-state index is 6.02. The fraction of sp³-hybridized carbons (Fsp3) is 0.500. The number of guanidine groups is 1. The Morgan fingerprint density at radius 3 is 2.27 bits per heavy atom. The standard InChI is InChI=1S/C26H36N4O2.HI/c1-27-26(30-15-13-29(14-16-30)20-23-5-3-2-4-6-23)28-19-22-7-9-24(10-8-22)21-32-25-11-17-31-18-12-25;/h2-10,25H,11-21H2,1H3,(H,27,28);1H. The first kappa shape index (κ1) is 25.9. The largest absolute Gasteiger partial charge is 0.381 e. The third kappa shape index (κ3) is 8.24. The zero-order valence-electron chi connectivity index (χ0n) is 19.6. The summed E-state index contributed by atoms with van der Waals surface area (Å²) in [6.07, 6.45) is 2.34. The summed E-state index contributed by atoms with van der Waals surface area (Å²) in [5, 5.41) is 3.54. The van der Waals surface area contributed by atoms with Gasteiger partial charge in [0.05, 0.1) is 12.7 Å². The molecule has 0 amide bonds. The van der Waals surface area contributed by atoms with Gasteiger partial charge in [-0.15, -0.1) is 24.0 Å². The lowest BCUT2D eigenvalue weighted by atomic mass is 10.1. The Balaban J connectivity index is 0.00000306. The number of hydrogen-bond donors (Lipinski definition) is 1. The number of nitrogens with zero attached hydrogens (tertiary/aromatic N) is 3. The highest BCUT2D eigenvalue weighted by atomic mass is 127. The molecule has 2 aromatic rings. The van der Waals surface area contributed by atoms with Crippen LogP contribution in [0.2, 0.25) is 0 Å². The Labute approximate surface area is 215 Å². The van der Waals surface area contributed by atoms with Gasteiger partial charge in [-0.25, -0.2) is 0 Å². The van der Waals surface area contributed by atoms with E-state index in [0.717, 1.165) is 71.3 Å². The number of aliphatic imine (C=N–C) groups is 1. The van der Waals surface area contributed by atoms with Crippen molar-refractivity contribution in [2.75, 3.05) is 46.4 Å². The Hall–Kier alpha value is -1.68. The summed E-state index contributed by atoms with van der Waals surface area (Å²) < 4.78 is 11.4. The summed E-state index contributed by atoms with van der Waals surface area (Å²) in [7, 11) is 1.87. The van der Waals surface area contributed by atoms with Gasteiger partial charge in [0.15, 0.2) is 5.96 Å². The fourth-order valence-corrected chi connectivity index (χ4v) is 4.28. The van der Waals surface area contributed by atoms with E-state index in [0.29, 0.717) is 12.7 Å². The van der Waals surface area contributed by atoms with E-state index in [1.54, 1.807) is 0 Å². The third-order valence-corrected chi connectivity index (χ3v) is 6.26. The first-order valence-corrected chi connectivity index (χ1v) is 11.8. The van der Waals surface area contributed by atoms with Crippen LogP contribution in [0.4, 0.5) is 0 Å². The van der Waals surface area contributed by atoms with Crippen LogP contribution in [0.15, 0.2) is 59.6 Å². The van der Waals surface area contributed by atoms with Crippen molar-refractivity contribution in [3.63, 3.8) is 0 Å². The molecule has 0 saturated carbocycles. The molecule has 2 aliphatic heterocycles. The number of piperazine rings is 1. The number of ether oxygens (including phenoxy) is 2. The van der Waals surface area contributed by atoms with E-state index in [9.17, 15) is 0 Å². The van der Waals surface area contributed by atoms with Crippen LogP contribution in [0.1, 0.15) is 29.5 Å². The average Bonchev–Trinajstić information content (AvgIpc) is 2.86. The monoisotopic (exact) mass is 564 g/mol. The van der Waals surface area contributed by atoms with Gasteiger partial charge in [0.2, 0.25) is 0 Å². The van der Waals surface area contributed by atoms with Gasteiger partial charge in [0.1, 0.15) is 0 Å². The second-order valence-corrected chi connectivity index (χ2v) is 8.59. The van der Waals surface area contributed by atoms with Gasteiger partial charge in [-0.3, -0.25) is 9.89 Å². The van der Waals surface area contributed by atoms with Crippen molar-refractivity contribution in [1.29, 1.82) is 0 Å². The summed E-state index contributed by atoms with van der Waals surface area (Å²) in [4.78, 5) is 9.39. The molecule has 2 heterocycles. The van der Waals surface area contributed by atoms with Crippen molar-refractivity contribution >= 4 is 29.9 Å². The SMILES string of the molecule is CN=C(NCc1ccc(COC2CCOCC2)cc1)N1CCN(Cc2ccccc2)CC1.I. The minimum Gasteiger partial charge on any atom is -0.381 e. The van der Waals surface area contributed by atoms with Crippen LogP contribution >= 0.6 is 24.0 Å². The summed E-state index contributed by atoms with van der Waals surface area (Å²) in [5.74, 6) is 0.983. The minimum absolute atomic E-state index is 0. The van der Waals surface area contributed by atoms with E-state index in [1.165, 1.54) is 16.7 Å². The van der Waals surface area contributed by atoms with Crippen molar-refractivity contribution in [3.8, 4) is 0 Å². The van der Waals surface area contributed by atoms with E-state index in [4.69, 9.17) is 9.47 Å². The van der Waals surface area contributed by atoms with Crippen LogP contribution in [-0.4, -0.2) is 68.3 Å². The predicted molar refractivity (Wildman–Crippen MR) is 144 cm³/mol. The first-order valence-electron chi connectivity index (χ1n) is 11.8. The molecule has 2 aliphatic rings. The second-order valence-electron chi connectivity index (χ2n) is 8.59. The van der Waals surface area contributed by atoms with Crippen molar-refractivity contribution in [1.82, 2.24) is 15.1 Å². The van der Waals surface area contributed by atoms with Gasteiger partial charge in [0.25, 0.3) is 0 Å². The van der Waals surface area contributed by atoms with Gasteiger partial charge in [0, 0.05) is 59.5 Å². The number of hydrogen-bond acceptors (Lipinski definition) is 4. The maximum Gasteiger partial charge on any atom is 0.194 e. The van der Waals surface area contributed by atoms with Gasteiger partial charge in [-0.05, 0) is 29.5 Å². The van der Waals surface area contributed by atoms with Gasteiger partial charge >= 0.3 is 0 Å². The van der Waals surface area contributed by atoms with E-state index in [2.05, 4.69) is 74.7 Å². The summed E-state index contributed by atoms with van der Waals surface area (Å²) in [6.45, 7) is 8.20. The molecule has 0 bridgehead atoms. The highest BCUT2D eigenvalue weighted by Crippen LogP contribution is 2.14. The van der Waals surface area contributed by atoms with Gasteiger partial charge in [-0.2, -0.15) is 0 Å². The van der Waals surface area contributed by atoms with Crippen LogP contribution in [-0.2, 0) is 29.2 Å². The minimum atomic E-state index is 0. The van der Waals surface area contributed by atoms with Crippen LogP contribution in [0, 0.1) is 0 Å². The Kier molecular flexibility index (Phi) is 10.9. The molecule has 0 unspecified atom stereocenters. The molecule has 0 radical (unpaired) electrons. The molecular weight excluding hydrogens is 527 g/mol. The highest BCUT2D eigenvalue weighted by molar-refractivity contribution is 14.0. The third-order valence-electron chi connectivity index (χ3n) is 6.26. The molecule has 0 atom stereocenters. The topological polar surface area (TPSA) is 49.3 Å². The molecule has 0 spiro atoms. The summed E-state index contributed by atoms with van der Waals surface area (Å²) >= 11 is 0. The predicted octanol–water partition coefficient (Wildman–Crippen LogP) is 3.89. The molecule has 2 saturated heterocycles. The van der Waals surface area contributed by atoms with Crippen molar-refractivity contribution in [2.24, 2.45) is 4.99 Å². The first-order chi connectivity index (χ1) is 15.8. The van der Waals surface area contributed by atoms with E-state index >= 15 is 0 Å². The normalized spacial score (nSPS) is 18.1. The Morgan fingerprint density at radius 2 is 1.61 bits per heavy atom. The molecule has 4 rings (SSSR count). The van der Waals surface area contributed by atoms with Crippen LogP contribution in [0.5, 0.6) is 0 Å². The zero-order chi connectivity index (χ0) is 22.0. The van der Waals surface area contributed by atoms with Crippen molar-refractivity contribution < 1.29 is 9.47 Å². The van der Waals surface area contributed by atoms with Crippen molar-refractivity contribution in [2.45, 2.75) is 38.6 Å². The molecule has 7 heteroatoms. The zero-order valence-corrected chi connectivity index (χ0v) is 21.9. The number of nitrogens with one attached hydrogen (secondary N) is 1. The molecule has 0 aliphatic carbocycles. The molecule has 0 aromatic heterocycles. The molecule has 180 valence electrons. The lowest BCUT2D eigenvalue weighted by Crippen LogP contribution is -2.52. The highest BCUT2D eigenvalue weighted by Gasteiger charge is 2.19. The maximum atomic E-state index is 6.02. The lowest BCUT2D eigenvalue weighted by molar-refractivity contribution is -0.0390. The lowest BCUT2D eigenvalue weighted by Gasteiger charge is -2.36. The van der Waals surface area contributed by atoms with Crippen LogP contribution in [0.3, 0.4) is 0 Å². The fourth-order valence-electron chi connectivity index (χ4n) is 4.28.